The van der Waals surface area contributed by atoms with Crippen molar-refractivity contribution < 1.29 is 13.2 Å². The van der Waals surface area contributed by atoms with E-state index in [1.54, 1.807) is 0 Å². The molecule has 2 aliphatic carbocycles. The van der Waals surface area contributed by atoms with Gasteiger partial charge < -0.3 is 0 Å². The Morgan fingerprint density at radius 3 is 1.88 bits per heavy atom. The molecule has 0 aromatic rings. The molecule has 0 spiro atoms. The summed E-state index contributed by atoms with van der Waals surface area (Å²) >= 11 is 0. The molecule has 0 heterocycles. The summed E-state index contributed by atoms with van der Waals surface area (Å²) in [5, 5.41) is 0. The average Bonchev–Trinajstić information content (AvgIpc) is 2.56. The molecular formula is C21H37F3. The van der Waals surface area contributed by atoms with Crippen molar-refractivity contribution >= 4 is 0 Å². The summed E-state index contributed by atoms with van der Waals surface area (Å²) in [7, 11) is 0. The van der Waals surface area contributed by atoms with E-state index in [0.29, 0.717) is 37.5 Å². The van der Waals surface area contributed by atoms with Gasteiger partial charge in [0.1, 0.15) is 0 Å². The van der Waals surface area contributed by atoms with Gasteiger partial charge in [-0.3, -0.25) is 0 Å². The zero-order valence-corrected chi connectivity index (χ0v) is 15.8. The van der Waals surface area contributed by atoms with Crippen LogP contribution in [0.15, 0.2) is 0 Å². The summed E-state index contributed by atoms with van der Waals surface area (Å²) in [5.41, 5.74) is -1.37. The summed E-state index contributed by atoms with van der Waals surface area (Å²) in [6.45, 7) is 4.14. The molecule has 0 saturated heterocycles. The number of rotatable bonds is 7. The fourth-order valence-electron chi connectivity index (χ4n) is 5.45. The minimum atomic E-state index is -4.01. The molecule has 142 valence electrons. The SMILES string of the molecule is CCCCCC1CCC(C2CCC(CCC)(C(F)(F)F)CC2)CC1. The van der Waals surface area contributed by atoms with Crippen LogP contribution >= 0.6 is 0 Å². The third-order valence-corrected chi connectivity index (χ3v) is 7.09. The molecule has 3 heteroatoms. The highest BCUT2D eigenvalue weighted by Crippen LogP contribution is 2.55. The van der Waals surface area contributed by atoms with Crippen LogP contribution in [0.1, 0.15) is 104 Å². The van der Waals surface area contributed by atoms with Crippen molar-refractivity contribution in [3.63, 3.8) is 0 Å². The number of hydrogen-bond acceptors (Lipinski definition) is 0. The summed E-state index contributed by atoms with van der Waals surface area (Å²) in [4.78, 5) is 0. The second-order valence-electron chi connectivity index (χ2n) is 8.64. The molecule has 2 saturated carbocycles. The van der Waals surface area contributed by atoms with Gasteiger partial charge in [0.2, 0.25) is 0 Å². The van der Waals surface area contributed by atoms with E-state index in [1.807, 2.05) is 6.92 Å². The van der Waals surface area contributed by atoms with Gasteiger partial charge in [-0.1, -0.05) is 58.8 Å². The maximum absolute atomic E-state index is 13.6. The zero-order chi connectivity index (χ0) is 17.6. The van der Waals surface area contributed by atoms with E-state index in [0.717, 1.165) is 18.8 Å². The lowest BCUT2D eigenvalue weighted by atomic mass is 9.62. The maximum Gasteiger partial charge on any atom is 0.394 e. The lowest BCUT2D eigenvalue weighted by Crippen LogP contribution is -2.42. The third-order valence-electron chi connectivity index (χ3n) is 7.09. The van der Waals surface area contributed by atoms with Crippen LogP contribution in [0.3, 0.4) is 0 Å². The van der Waals surface area contributed by atoms with Gasteiger partial charge in [-0.2, -0.15) is 13.2 Å². The molecule has 0 unspecified atom stereocenters. The van der Waals surface area contributed by atoms with Gasteiger partial charge in [-0.25, -0.2) is 0 Å². The predicted molar refractivity (Wildman–Crippen MR) is 94.9 cm³/mol. The first-order chi connectivity index (χ1) is 11.4. The van der Waals surface area contributed by atoms with E-state index in [1.165, 1.54) is 51.4 Å². The summed E-state index contributed by atoms with van der Waals surface area (Å²) in [5.74, 6) is 2.17. The first kappa shape index (κ1) is 20.1. The summed E-state index contributed by atoms with van der Waals surface area (Å²) in [6.07, 6.45) is 9.91. The van der Waals surface area contributed by atoms with E-state index in [2.05, 4.69) is 6.92 Å². The van der Waals surface area contributed by atoms with Gasteiger partial charge in [0.05, 0.1) is 5.41 Å². The minimum Gasteiger partial charge on any atom is -0.171 e. The molecule has 2 fully saturated rings. The lowest BCUT2D eigenvalue weighted by molar-refractivity contribution is -0.241. The molecule has 0 amide bonds. The molecule has 0 radical (unpaired) electrons. The van der Waals surface area contributed by atoms with Crippen LogP contribution in [0, 0.1) is 23.2 Å². The van der Waals surface area contributed by atoms with Crippen LogP contribution in [0.4, 0.5) is 13.2 Å². The van der Waals surface area contributed by atoms with Crippen LogP contribution in [0.2, 0.25) is 0 Å². The number of hydrogen-bond donors (Lipinski definition) is 0. The fraction of sp³-hybridized carbons (Fsp3) is 1.00. The Kier molecular flexibility index (Phi) is 7.49. The standard InChI is InChI=1S/C21H37F3/c1-3-5-6-7-17-8-10-18(11-9-17)19-12-15-20(14-4-2,16-13-19)21(22,23)24/h17-19H,3-16H2,1-2H3. The molecule has 0 bridgehead atoms. The average molecular weight is 347 g/mol. The second kappa shape index (κ2) is 8.94. The van der Waals surface area contributed by atoms with Crippen LogP contribution in [-0.4, -0.2) is 6.18 Å². The molecule has 2 aliphatic rings. The van der Waals surface area contributed by atoms with E-state index in [4.69, 9.17) is 0 Å². The number of alkyl halides is 3. The molecule has 0 aromatic carbocycles. The van der Waals surface area contributed by atoms with Crippen LogP contribution in [-0.2, 0) is 0 Å². The Morgan fingerprint density at radius 2 is 1.38 bits per heavy atom. The van der Waals surface area contributed by atoms with E-state index in [9.17, 15) is 13.2 Å². The van der Waals surface area contributed by atoms with Crippen molar-refractivity contribution in [3.8, 4) is 0 Å². The van der Waals surface area contributed by atoms with Gasteiger partial charge in [0, 0.05) is 0 Å². The number of halogens is 3. The second-order valence-corrected chi connectivity index (χ2v) is 8.64. The van der Waals surface area contributed by atoms with Gasteiger partial charge in [-0.05, 0) is 62.7 Å². The fourth-order valence-corrected chi connectivity index (χ4v) is 5.45. The smallest absolute Gasteiger partial charge is 0.171 e. The summed E-state index contributed by atoms with van der Waals surface area (Å²) < 4.78 is 40.7. The molecule has 0 N–H and O–H groups in total. The highest BCUT2D eigenvalue weighted by atomic mass is 19.4. The maximum atomic E-state index is 13.6. The largest absolute Gasteiger partial charge is 0.394 e. The number of unbranched alkanes of at least 4 members (excludes halogenated alkanes) is 2. The molecule has 0 atom stereocenters. The molecule has 24 heavy (non-hydrogen) atoms. The quantitative estimate of drug-likeness (QED) is 0.411. The molecule has 0 aromatic heterocycles. The molecule has 2 rings (SSSR count). The van der Waals surface area contributed by atoms with Gasteiger partial charge in [0.25, 0.3) is 0 Å². The van der Waals surface area contributed by atoms with Gasteiger partial charge in [0.15, 0.2) is 0 Å². The highest BCUT2D eigenvalue weighted by molar-refractivity contribution is 4.93. The van der Waals surface area contributed by atoms with Crippen molar-refractivity contribution in [2.75, 3.05) is 0 Å². The molecule has 0 aliphatic heterocycles. The Bertz CT molecular complexity index is 345. The van der Waals surface area contributed by atoms with Gasteiger partial charge >= 0.3 is 6.18 Å². The molecule has 0 nitrogen and oxygen atoms in total. The Morgan fingerprint density at radius 1 is 0.792 bits per heavy atom. The van der Waals surface area contributed by atoms with Crippen LogP contribution in [0.5, 0.6) is 0 Å². The van der Waals surface area contributed by atoms with Crippen molar-refractivity contribution in [3.05, 3.63) is 0 Å². The normalized spacial score (nSPS) is 35.1. The first-order valence-corrected chi connectivity index (χ1v) is 10.5. The zero-order valence-electron chi connectivity index (χ0n) is 15.8. The predicted octanol–water partition coefficient (Wildman–Crippen LogP) is 7.91. The Balaban J connectivity index is 1.79. The monoisotopic (exact) mass is 346 g/mol. The topological polar surface area (TPSA) is 0 Å². The Labute approximate surface area is 147 Å². The molecular weight excluding hydrogens is 309 g/mol. The van der Waals surface area contributed by atoms with E-state index in [-0.39, 0.29) is 0 Å². The van der Waals surface area contributed by atoms with Crippen molar-refractivity contribution in [2.24, 2.45) is 23.2 Å². The van der Waals surface area contributed by atoms with E-state index >= 15 is 0 Å². The third kappa shape index (κ3) is 4.91. The summed E-state index contributed by atoms with van der Waals surface area (Å²) in [6, 6.07) is 0. The first-order valence-electron chi connectivity index (χ1n) is 10.5. The lowest BCUT2D eigenvalue weighted by Gasteiger charge is -2.44. The minimum absolute atomic E-state index is 0.327. The van der Waals surface area contributed by atoms with Crippen molar-refractivity contribution in [1.29, 1.82) is 0 Å². The van der Waals surface area contributed by atoms with Crippen molar-refractivity contribution in [1.82, 2.24) is 0 Å². The van der Waals surface area contributed by atoms with Gasteiger partial charge in [-0.15, -0.1) is 0 Å². The van der Waals surface area contributed by atoms with Crippen LogP contribution in [0.25, 0.3) is 0 Å². The van der Waals surface area contributed by atoms with Crippen LogP contribution < -0.4 is 0 Å². The highest BCUT2D eigenvalue weighted by Gasteiger charge is 2.55. The van der Waals surface area contributed by atoms with E-state index < -0.39 is 11.6 Å². The Hall–Kier alpha value is -0.210. The van der Waals surface area contributed by atoms with Crippen molar-refractivity contribution in [2.45, 2.75) is 110 Å².